The lowest BCUT2D eigenvalue weighted by molar-refractivity contribution is -0.135. The van der Waals surface area contributed by atoms with Crippen molar-refractivity contribution in [1.29, 1.82) is 0 Å². The number of hydrogen-bond acceptors (Lipinski definition) is 4. The molecule has 0 aromatic carbocycles. The smallest absolute Gasteiger partial charge is 0.333 e. The highest BCUT2D eigenvalue weighted by Gasteiger charge is 2.45. The number of carbonyl (C=O) groups excluding carboxylic acids is 1. The first-order chi connectivity index (χ1) is 12.1. The van der Waals surface area contributed by atoms with Gasteiger partial charge in [-0.2, -0.15) is 0 Å². The summed E-state index contributed by atoms with van der Waals surface area (Å²) >= 11 is 0. The Labute approximate surface area is 161 Å². The molecule has 0 N–H and O–H groups in total. The molecule has 26 heavy (non-hydrogen) atoms. The third kappa shape index (κ3) is 7.30. The minimum Gasteiger partial charge on any atom is -0.495 e. The second kappa shape index (κ2) is 10.3. The van der Waals surface area contributed by atoms with E-state index in [4.69, 9.17) is 4.74 Å². The van der Waals surface area contributed by atoms with Crippen LogP contribution in [0.15, 0.2) is 11.8 Å². The number of ether oxygens (including phenoxy) is 2. The zero-order valence-corrected chi connectivity index (χ0v) is 18.2. The first kappa shape index (κ1) is 23.0. The van der Waals surface area contributed by atoms with Crippen molar-refractivity contribution in [1.82, 2.24) is 4.90 Å². The van der Waals surface area contributed by atoms with Crippen molar-refractivity contribution in [2.24, 2.45) is 0 Å². The van der Waals surface area contributed by atoms with Gasteiger partial charge < -0.3 is 9.47 Å². The van der Waals surface area contributed by atoms with E-state index in [2.05, 4.69) is 44.3 Å². The molecule has 4 heteroatoms. The van der Waals surface area contributed by atoms with Gasteiger partial charge in [0.15, 0.2) is 0 Å². The molecule has 0 aromatic heterocycles. The van der Waals surface area contributed by atoms with Crippen LogP contribution < -0.4 is 0 Å². The van der Waals surface area contributed by atoms with Crippen molar-refractivity contribution in [2.75, 3.05) is 13.7 Å². The fraction of sp³-hybridized carbons (Fsp3) is 0.864. The second-order valence-corrected chi connectivity index (χ2v) is 8.97. The van der Waals surface area contributed by atoms with Crippen LogP contribution in [0.2, 0.25) is 0 Å². The molecular weight excluding hydrogens is 326 g/mol. The van der Waals surface area contributed by atoms with E-state index in [0.29, 0.717) is 5.76 Å². The van der Waals surface area contributed by atoms with E-state index < -0.39 is 0 Å². The summed E-state index contributed by atoms with van der Waals surface area (Å²) in [5.74, 6) is 0.277. The number of allylic oxidation sites excluding steroid dienone is 1. The van der Waals surface area contributed by atoms with Crippen LogP contribution in [-0.2, 0) is 14.3 Å². The standard InChI is InChI=1S/C22H41NO3/c1-8-9-10-11-12-13-14-23-21(3,4)16-19(17-22(23,5)6)26-18(2)15-20(24)25-7/h15,19H,8-14,16-17H2,1-7H3/b18-15-. The Morgan fingerprint density at radius 1 is 1.04 bits per heavy atom. The predicted octanol–water partition coefficient (Wildman–Crippen LogP) is 5.46. The number of piperidine rings is 1. The Hall–Kier alpha value is -1.03. The first-order valence-corrected chi connectivity index (χ1v) is 10.3. The second-order valence-electron chi connectivity index (χ2n) is 8.97. The Morgan fingerprint density at radius 3 is 2.12 bits per heavy atom. The van der Waals surface area contributed by atoms with Crippen LogP contribution in [0.3, 0.4) is 0 Å². The van der Waals surface area contributed by atoms with Gasteiger partial charge in [0.2, 0.25) is 0 Å². The van der Waals surface area contributed by atoms with Crippen molar-refractivity contribution in [3.8, 4) is 0 Å². The number of esters is 1. The maximum Gasteiger partial charge on any atom is 0.333 e. The van der Waals surface area contributed by atoms with E-state index >= 15 is 0 Å². The lowest BCUT2D eigenvalue weighted by Crippen LogP contribution is -2.62. The number of hydrogen-bond donors (Lipinski definition) is 0. The molecule has 1 aliphatic rings. The summed E-state index contributed by atoms with van der Waals surface area (Å²) in [6.45, 7) is 14.5. The van der Waals surface area contributed by atoms with E-state index in [9.17, 15) is 4.79 Å². The van der Waals surface area contributed by atoms with E-state index in [1.165, 1.54) is 51.7 Å². The molecule has 1 saturated heterocycles. The van der Waals surface area contributed by atoms with Crippen LogP contribution in [0.25, 0.3) is 0 Å². The maximum absolute atomic E-state index is 11.4. The normalized spacial score (nSPS) is 20.8. The van der Waals surface area contributed by atoms with Gasteiger partial charge in [-0.25, -0.2) is 4.79 Å². The van der Waals surface area contributed by atoms with Gasteiger partial charge in [-0.3, -0.25) is 4.90 Å². The van der Waals surface area contributed by atoms with Crippen LogP contribution in [-0.4, -0.2) is 41.7 Å². The zero-order chi connectivity index (χ0) is 19.8. The summed E-state index contributed by atoms with van der Waals surface area (Å²) in [4.78, 5) is 14.1. The van der Waals surface area contributed by atoms with Gasteiger partial charge >= 0.3 is 5.97 Å². The van der Waals surface area contributed by atoms with Crippen molar-refractivity contribution in [2.45, 2.75) is 110 Å². The molecule has 152 valence electrons. The van der Waals surface area contributed by atoms with Gasteiger partial charge in [0.1, 0.15) is 11.9 Å². The van der Waals surface area contributed by atoms with Crippen LogP contribution in [0.4, 0.5) is 0 Å². The molecule has 1 rings (SSSR count). The summed E-state index contributed by atoms with van der Waals surface area (Å²) in [6, 6.07) is 0. The SMILES string of the molecule is CCCCCCCCN1C(C)(C)CC(O/C(C)=C\C(=O)OC)CC1(C)C. The van der Waals surface area contributed by atoms with E-state index in [-0.39, 0.29) is 23.2 Å². The topological polar surface area (TPSA) is 38.8 Å². The average Bonchev–Trinajstić information content (AvgIpc) is 2.51. The zero-order valence-electron chi connectivity index (χ0n) is 18.2. The summed E-state index contributed by atoms with van der Waals surface area (Å²) in [7, 11) is 1.39. The third-order valence-corrected chi connectivity index (χ3v) is 5.53. The summed E-state index contributed by atoms with van der Waals surface area (Å²) < 4.78 is 10.8. The highest BCUT2D eigenvalue weighted by Crippen LogP contribution is 2.40. The van der Waals surface area contributed by atoms with Gasteiger partial charge in [-0.1, -0.05) is 39.0 Å². The molecule has 0 spiro atoms. The van der Waals surface area contributed by atoms with Crippen molar-refractivity contribution < 1.29 is 14.3 Å². The molecule has 0 atom stereocenters. The lowest BCUT2D eigenvalue weighted by Gasteiger charge is -2.55. The summed E-state index contributed by atoms with van der Waals surface area (Å²) in [5, 5.41) is 0. The van der Waals surface area contributed by atoms with Gasteiger partial charge in [0, 0.05) is 23.9 Å². The molecule has 0 saturated carbocycles. The highest BCUT2D eigenvalue weighted by molar-refractivity contribution is 5.82. The van der Waals surface area contributed by atoms with Gasteiger partial charge in [-0.15, -0.1) is 0 Å². The highest BCUT2D eigenvalue weighted by atomic mass is 16.5. The molecular formula is C22H41NO3. The molecule has 1 aliphatic heterocycles. The summed E-state index contributed by atoms with van der Waals surface area (Å²) in [5.41, 5.74) is 0.169. The fourth-order valence-corrected chi connectivity index (χ4v) is 4.49. The van der Waals surface area contributed by atoms with Crippen LogP contribution >= 0.6 is 0 Å². The van der Waals surface area contributed by atoms with Crippen molar-refractivity contribution in [3.63, 3.8) is 0 Å². The first-order valence-electron chi connectivity index (χ1n) is 10.3. The number of rotatable bonds is 10. The molecule has 0 aromatic rings. The fourth-order valence-electron chi connectivity index (χ4n) is 4.49. The van der Waals surface area contributed by atoms with Gasteiger partial charge in [-0.05, 0) is 47.6 Å². The average molecular weight is 368 g/mol. The van der Waals surface area contributed by atoms with Crippen molar-refractivity contribution >= 4 is 5.97 Å². The monoisotopic (exact) mass is 367 g/mol. The molecule has 0 unspecified atom stereocenters. The molecule has 0 aliphatic carbocycles. The molecule has 0 bridgehead atoms. The molecule has 1 fully saturated rings. The van der Waals surface area contributed by atoms with Gasteiger partial charge in [0.25, 0.3) is 0 Å². The Balaban J connectivity index is 2.62. The minimum atomic E-state index is -0.360. The molecule has 4 nitrogen and oxygen atoms in total. The number of unbranched alkanes of at least 4 members (excludes halogenated alkanes) is 5. The van der Waals surface area contributed by atoms with Gasteiger partial charge in [0.05, 0.1) is 13.2 Å². The number of nitrogens with zero attached hydrogens (tertiary/aromatic N) is 1. The quantitative estimate of drug-likeness (QED) is 0.222. The summed E-state index contributed by atoms with van der Waals surface area (Å²) in [6.07, 6.45) is 11.5. The Kier molecular flexibility index (Phi) is 9.15. The third-order valence-electron chi connectivity index (χ3n) is 5.53. The Bertz CT molecular complexity index is 450. The molecule has 0 amide bonds. The lowest BCUT2D eigenvalue weighted by atomic mass is 9.78. The van der Waals surface area contributed by atoms with Crippen molar-refractivity contribution in [3.05, 3.63) is 11.8 Å². The van der Waals surface area contributed by atoms with E-state index in [1.807, 2.05) is 6.92 Å². The molecule has 0 radical (unpaired) electrons. The van der Waals surface area contributed by atoms with Crippen LogP contribution in [0.5, 0.6) is 0 Å². The predicted molar refractivity (Wildman–Crippen MR) is 108 cm³/mol. The molecule has 1 heterocycles. The maximum atomic E-state index is 11.4. The number of likely N-dealkylation sites (tertiary alicyclic amines) is 1. The van der Waals surface area contributed by atoms with E-state index in [0.717, 1.165) is 19.4 Å². The Morgan fingerprint density at radius 2 is 1.58 bits per heavy atom. The van der Waals surface area contributed by atoms with E-state index in [1.54, 1.807) is 0 Å². The minimum absolute atomic E-state index is 0.0847. The largest absolute Gasteiger partial charge is 0.495 e. The number of methoxy groups -OCH3 is 1. The van der Waals surface area contributed by atoms with Crippen LogP contribution in [0.1, 0.15) is 92.9 Å². The number of carbonyl (C=O) groups is 1. The van der Waals surface area contributed by atoms with Crippen LogP contribution in [0, 0.1) is 0 Å².